The van der Waals surface area contributed by atoms with Crippen LogP contribution in [0.1, 0.15) is 18.1 Å². The summed E-state index contributed by atoms with van der Waals surface area (Å²) in [7, 11) is 6.62. The smallest absolute Gasteiger partial charge is 0.337 e. The summed E-state index contributed by atoms with van der Waals surface area (Å²) in [5, 5.41) is 0. The van der Waals surface area contributed by atoms with E-state index in [9.17, 15) is 4.79 Å². The van der Waals surface area contributed by atoms with Crippen LogP contribution in [0, 0.1) is 0 Å². The van der Waals surface area contributed by atoms with E-state index in [2.05, 4.69) is 0 Å². The van der Waals surface area contributed by atoms with Crippen LogP contribution in [0.3, 0.4) is 0 Å². The number of esters is 1. The van der Waals surface area contributed by atoms with E-state index in [1.807, 2.05) is 43.1 Å². The third-order valence-corrected chi connectivity index (χ3v) is 6.37. The molecule has 162 valence electrons. The fraction of sp³-hybridized carbons (Fsp3) is 0.348. The number of carbonyl (C=O) groups is 1. The molecule has 8 heteroatoms. The molecule has 0 N–H and O–H groups in total. The van der Waals surface area contributed by atoms with Crippen molar-refractivity contribution in [1.82, 2.24) is 0 Å². The number of cyclic esters (lactones) is 1. The number of hydrogen-bond donors (Lipinski definition) is 0. The molecule has 0 radical (unpaired) electrons. The first-order chi connectivity index (χ1) is 14.9. The molecule has 0 aromatic heterocycles. The molecule has 31 heavy (non-hydrogen) atoms. The minimum Gasteiger partial charge on any atom is -0.493 e. The zero-order valence-electron chi connectivity index (χ0n) is 18.0. The van der Waals surface area contributed by atoms with Crippen LogP contribution < -0.4 is 28.6 Å². The van der Waals surface area contributed by atoms with Gasteiger partial charge in [0.15, 0.2) is 23.0 Å². The molecule has 5 rings (SSSR count). The number of benzene rings is 2. The van der Waals surface area contributed by atoms with Gasteiger partial charge in [-0.2, -0.15) is 0 Å². The van der Waals surface area contributed by atoms with Crippen LogP contribution in [0.4, 0.5) is 5.69 Å². The number of ether oxygens (including phenoxy) is 6. The van der Waals surface area contributed by atoms with Crippen molar-refractivity contribution in [2.75, 3.05) is 46.7 Å². The Balaban J connectivity index is 1.83. The van der Waals surface area contributed by atoms with E-state index in [0.29, 0.717) is 34.3 Å². The van der Waals surface area contributed by atoms with E-state index in [1.54, 1.807) is 21.3 Å². The quantitative estimate of drug-likeness (QED) is 0.692. The summed E-state index contributed by atoms with van der Waals surface area (Å²) in [4.78, 5) is 15.0. The highest BCUT2D eigenvalue weighted by molar-refractivity contribution is 5.99. The highest BCUT2D eigenvalue weighted by atomic mass is 16.7. The summed E-state index contributed by atoms with van der Waals surface area (Å²) in [6.07, 6.45) is 0. The SMILES string of the molecule is COc1cc(C2(C)C3=C(COC3=O)N(C)c3cc4c(cc32)OCO4)cc(OC)c1OC. The Morgan fingerprint density at radius 3 is 2.19 bits per heavy atom. The number of methoxy groups -OCH3 is 3. The van der Waals surface area contributed by atoms with Crippen LogP contribution >= 0.6 is 0 Å². The van der Waals surface area contributed by atoms with Crippen molar-refractivity contribution in [3.05, 3.63) is 46.7 Å². The monoisotopic (exact) mass is 425 g/mol. The Labute approximate surface area is 179 Å². The second-order valence-corrected chi connectivity index (χ2v) is 7.72. The molecule has 0 amide bonds. The average Bonchev–Trinajstić information content (AvgIpc) is 3.41. The fourth-order valence-electron chi connectivity index (χ4n) is 4.71. The standard InChI is InChI=1S/C23H23NO7/c1-23(12-6-18(26-3)21(28-5)19(7-12)27-4)13-8-16-17(31-11-30-16)9-14(13)24(2)15-10-29-22(25)20(15)23/h6-9H,10-11H2,1-5H3. The molecule has 1 unspecified atom stereocenters. The van der Waals surface area contributed by atoms with E-state index >= 15 is 0 Å². The third-order valence-electron chi connectivity index (χ3n) is 6.37. The Kier molecular flexibility index (Phi) is 4.22. The van der Waals surface area contributed by atoms with Gasteiger partial charge >= 0.3 is 5.97 Å². The zero-order chi connectivity index (χ0) is 21.9. The Morgan fingerprint density at radius 1 is 0.935 bits per heavy atom. The van der Waals surface area contributed by atoms with E-state index in [4.69, 9.17) is 28.4 Å². The second kappa shape index (κ2) is 6.73. The van der Waals surface area contributed by atoms with Gasteiger partial charge in [0.2, 0.25) is 12.5 Å². The van der Waals surface area contributed by atoms with Crippen molar-refractivity contribution in [3.8, 4) is 28.7 Å². The van der Waals surface area contributed by atoms with Gasteiger partial charge in [-0.3, -0.25) is 0 Å². The predicted molar refractivity (Wildman–Crippen MR) is 112 cm³/mol. The van der Waals surface area contributed by atoms with Gasteiger partial charge in [0, 0.05) is 18.8 Å². The van der Waals surface area contributed by atoms with E-state index in [-0.39, 0.29) is 19.4 Å². The molecule has 0 fully saturated rings. The molecule has 0 saturated heterocycles. The Morgan fingerprint density at radius 2 is 1.58 bits per heavy atom. The third kappa shape index (κ3) is 2.50. The molecule has 3 heterocycles. The summed E-state index contributed by atoms with van der Waals surface area (Å²) in [6, 6.07) is 7.63. The Hall–Kier alpha value is -3.55. The molecule has 3 aliphatic heterocycles. The molecule has 2 aromatic rings. The molecule has 0 spiro atoms. The molecule has 0 aliphatic carbocycles. The highest BCUT2D eigenvalue weighted by Crippen LogP contribution is 2.55. The van der Waals surface area contributed by atoms with Gasteiger partial charge in [-0.25, -0.2) is 4.79 Å². The van der Waals surface area contributed by atoms with Crippen molar-refractivity contribution < 1.29 is 33.2 Å². The number of fused-ring (bicyclic) bond motifs is 2. The molecule has 3 aliphatic rings. The first-order valence-corrected chi connectivity index (χ1v) is 9.83. The van der Waals surface area contributed by atoms with Gasteiger partial charge in [-0.05, 0) is 36.2 Å². The number of anilines is 1. The lowest BCUT2D eigenvalue weighted by Gasteiger charge is -2.40. The van der Waals surface area contributed by atoms with E-state index in [0.717, 1.165) is 22.5 Å². The van der Waals surface area contributed by atoms with Crippen LogP contribution in [0.15, 0.2) is 35.5 Å². The van der Waals surface area contributed by atoms with E-state index < -0.39 is 5.41 Å². The molecule has 8 nitrogen and oxygen atoms in total. The molecule has 2 aromatic carbocycles. The van der Waals surface area contributed by atoms with E-state index in [1.165, 1.54) is 0 Å². The van der Waals surface area contributed by atoms with Gasteiger partial charge in [-0.15, -0.1) is 0 Å². The highest BCUT2D eigenvalue weighted by Gasteiger charge is 2.50. The maximum absolute atomic E-state index is 13.0. The van der Waals surface area contributed by atoms with Gasteiger partial charge in [0.05, 0.1) is 38.0 Å². The summed E-state index contributed by atoms with van der Waals surface area (Å²) in [5.41, 5.74) is 3.16. The number of likely N-dealkylation sites (N-methyl/N-ethyl adjacent to an activating group) is 1. The van der Waals surface area contributed by atoms with Gasteiger partial charge in [-0.1, -0.05) is 0 Å². The van der Waals surface area contributed by atoms with Gasteiger partial charge in [0.1, 0.15) is 6.61 Å². The van der Waals surface area contributed by atoms with Crippen molar-refractivity contribution >= 4 is 11.7 Å². The van der Waals surface area contributed by atoms with Crippen LogP contribution in [0.5, 0.6) is 28.7 Å². The number of nitrogens with zero attached hydrogens (tertiary/aromatic N) is 1. The summed E-state index contributed by atoms with van der Waals surface area (Å²) >= 11 is 0. The molecule has 1 atom stereocenters. The number of hydrogen-bond acceptors (Lipinski definition) is 8. The van der Waals surface area contributed by atoms with Crippen molar-refractivity contribution in [1.29, 1.82) is 0 Å². The average molecular weight is 425 g/mol. The first-order valence-electron chi connectivity index (χ1n) is 9.83. The predicted octanol–water partition coefficient (Wildman–Crippen LogP) is 3.01. The van der Waals surface area contributed by atoms with Crippen molar-refractivity contribution in [3.63, 3.8) is 0 Å². The van der Waals surface area contributed by atoms with Crippen molar-refractivity contribution in [2.45, 2.75) is 12.3 Å². The van der Waals surface area contributed by atoms with Crippen molar-refractivity contribution in [2.24, 2.45) is 0 Å². The minimum absolute atomic E-state index is 0.165. The summed E-state index contributed by atoms with van der Waals surface area (Å²) in [6.45, 7) is 2.38. The molecule has 0 saturated carbocycles. The zero-order valence-corrected chi connectivity index (χ0v) is 18.0. The van der Waals surface area contributed by atoms with Crippen LogP contribution in [0.2, 0.25) is 0 Å². The topological polar surface area (TPSA) is 75.7 Å². The maximum Gasteiger partial charge on any atom is 0.337 e. The largest absolute Gasteiger partial charge is 0.493 e. The maximum atomic E-state index is 13.0. The number of rotatable bonds is 4. The van der Waals surface area contributed by atoms with Gasteiger partial charge in [0.25, 0.3) is 0 Å². The van der Waals surface area contributed by atoms with Crippen LogP contribution in [0.25, 0.3) is 0 Å². The lowest BCUT2D eigenvalue weighted by atomic mass is 9.67. The summed E-state index contributed by atoms with van der Waals surface area (Å²) < 4.78 is 33.4. The first kappa shape index (κ1) is 19.4. The van der Waals surface area contributed by atoms with Crippen LogP contribution in [-0.4, -0.2) is 47.7 Å². The summed E-state index contributed by atoms with van der Waals surface area (Å²) in [5.74, 6) is 2.47. The normalized spacial score (nSPS) is 20.9. The molecular formula is C23H23NO7. The second-order valence-electron chi connectivity index (χ2n) is 7.72. The minimum atomic E-state index is -0.849. The van der Waals surface area contributed by atoms with Gasteiger partial charge < -0.3 is 33.3 Å². The fourth-order valence-corrected chi connectivity index (χ4v) is 4.71. The van der Waals surface area contributed by atoms with Crippen LogP contribution in [-0.2, 0) is 14.9 Å². The lowest BCUT2D eigenvalue weighted by Crippen LogP contribution is -2.38. The molecular weight excluding hydrogens is 402 g/mol. The Bertz CT molecular complexity index is 1110. The lowest BCUT2D eigenvalue weighted by molar-refractivity contribution is -0.136. The molecule has 0 bridgehead atoms. The number of carbonyl (C=O) groups excluding carboxylic acids is 1.